The zero-order valence-corrected chi connectivity index (χ0v) is 15.0. The first-order valence-electron chi connectivity index (χ1n) is 7.89. The van der Waals surface area contributed by atoms with Crippen molar-refractivity contribution in [1.82, 2.24) is 5.32 Å². The highest BCUT2D eigenvalue weighted by Gasteiger charge is 2.36. The van der Waals surface area contributed by atoms with Crippen LogP contribution in [0.4, 0.5) is 5.69 Å². The molecule has 1 heterocycles. The fraction of sp³-hybridized carbons (Fsp3) is 0.529. The zero-order chi connectivity index (χ0) is 17.7. The molecule has 1 unspecified atom stereocenters. The van der Waals surface area contributed by atoms with E-state index in [9.17, 15) is 9.59 Å². The van der Waals surface area contributed by atoms with Gasteiger partial charge in [0.15, 0.2) is 0 Å². The Morgan fingerprint density at radius 1 is 1.42 bits per heavy atom. The standard InChI is InChI=1S/C17H23ClN2O4/c1-11-7-14(15(24-3)9-13(11)18)20-10-12(8-16(20)21)17(22)19-5-4-6-23-2/h7,9,12H,4-6,8,10H2,1-3H3,(H,19,22). The number of hydrogen-bond donors (Lipinski definition) is 1. The minimum atomic E-state index is -0.360. The number of anilines is 1. The van der Waals surface area contributed by atoms with Gasteiger partial charge in [-0.05, 0) is 25.0 Å². The van der Waals surface area contributed by atoms with Crippen LogP contribution in [0, 0.1) is 12.8 Å². The molecule has 1 aliphatic rings. The lowest BCUT2D eigenvalue weighted by Crippen LogP contribution is -2.34. The average molecular weight is 355 g/mol. The summed E-state index contributed by atoms with van der Waals surface area (Å²) >= 11 is 6.11. The van der Waals surface area contributed by atoms with E-state index in [1.165, 1.54) is 7.11 Å². The third-order valence-corrected chi connectivity index (χ3v) is 4.48. The lowest BCUT2D eigenvalue weighted by Gasteiger charge is -2.20. The second-order valence-electron chi connectivity index (χ2n) is 5.82. The summed E-state index contributed by atoms with van der Waals surface area (Å²) < 4.78 is 10.3. The quantitative estimate of drug-likeness (QED) is 0.762. The van der Waals surface area contributed by atoms with Crippen LogP contribution in [-0.4, -0.2) is 45.7 Å². The van der Waals surface area contributed by atoms with Crippen LogP contribution in [0.15, 0.2) is 12.1 Å². The van der Waals surface area contributed by atoms with Crippen molar-refractivity contribution in [2.75, 3.05) is 38.8 Å². The van der Waals surface area contributed by atoms with E-state index < -0.39 is 0 Å². The summed E-state index contributed by atoms with van der Waals surface area (Å²) in [6.07, 6.45) is 0.942. The van der Waals surface area contributed by atoms with Gasteiger partial charge in [-0.2, -0.15) is 0 Å². The number of hydrogen-bond acceptors (Lipinski definition) is 4. The van der Waals surface area contributed by atoms with E-state index in [2.05, 4.69) is 5.32 Å². The summed E-state index contributed by atoms with van der Waals surface area (Å²) in [6, 6.07) is 3.51. The number of ether oxygens (including phenoxy) is 2. The lowest BCUT2D eigenvalue weighted by atomic mass is 10.1. The molecule has 1 saturated heterocycles. The van der Waals surface area contributed by atoms with Crippen molar-refractivity contribution in [2.24, 2.45) is 5.92 Å². The van der Waals surface area contributed by atoms with Gasteiger partial charge in [0, 0.05) is 44.3 Å². The number of nitrogens with zero attached hydrogens (tertiary/aromatic N) is 1. The molecule has 0 radical (unpaired) electrons. The first kappa shape index (κ1) is 18.5. The molecule has 1 aromatic rings. The second-order valence-corrected chi connectivity index (χ2v) is 6.22. The molecule has 0 spiro atoms. The Balaban J connectivity index is 2.07. The van der Waals surface area contributed by atoms with Crippen molar-refractivity contribution in [1.29, 1.82) is 0 Å². The van der Waals surface area contributed by atoms with E-state index >= 15 is 0 Å². The molecule has 0 aromatic heterocycles. The molecule has 1 atom stereocenters. The lowest BCUT2D eigenvalue weighted by molar-refractivity contribution is -0.126. The van der Waals surface area contributed by atoms with E-state index in [1.54, 1.807) is 18.1 Å². The molecule has 24 heavy (non-hydrogen) atoms. The SMILES string of the molecule is COCCCNC(=O)C1CC(=O)N(c2cc(C)c(Cl)cc2OC)C1. The van der Waals surface area contributed by atoms with E-state index in [-0.39, 0.29) is 24.2 Å². The van der Waals surface area contributed by atoms with Crippen molar-refractivity contribution in [2.45, 2.75) is 19.8 Å². The summed E-state index contributed by atoms with van der Waals surface area (Å²) in [7, 11) is 3.15. The van der Waals surface area contributed by atoms with Crippen molar-refractivity contribution < 1.29 is 19.1 Å². The Hall–Kier alpha value is -1.79. The smallest absolute Gasteiger partial charge is 0.227 e. The third kappa shape index (κ3) is 4.19. The molecule has 0 bridgehead atoms. The van der Waals surface area contributed by atoms with Crippen LogP contribution in [0.1, 0.15) is 18.4 Å². The Labute approximate surface area is 147 Å². The number of rotatable bonds is 7. The van der Waals surface area contributed by atoms with Crippen molar-refractivity contribution >= 4 is 29.1 Å². The maximum atomic E-state index is 12.4. The number of methoxy groups -OCH3 is 2. The monoisotopic (exact) mass is 354 g/mol. The highest BCUT2D eigenvalue weighted by atomic mass is 35.5. The topological polar surface area (TPSA) is 67.9 Å². The Morgan fingerprint density at radius 2 is 2.17 bits per heavy atom. The van der Waals surface area contributed by atoms with Gasteiger partial charge in [-0.3, -0.25) is 9.59 Å². The van der Waals surface area contributed by atoms with Crippen LogP contribution in [-0.2, 0) is 14.3 Å². The first-order chi connectivity index (χ1) is 11.5. The van der Waals surface area contributed by atoms with Crippen LogP contribution < -0.4 is 15.0 Å². The van der Waals surface area contributed by atoms with Crippen molar-refractivity contribution in [3.05, 3.63) is 22.7 Å². The fourth-order valence-electron chi connectivity index (χ4n) is 2.71. The van der Waals surface area contributed by atoms with Gasteiger partial charge >= 0.3 is 0 Å². The van der Waals surface area contributed by atoms with Gasteiger partial charge in [0.05, 0.1) is 18.7 Å². The highest BCUT2D eigenvalue weighted by molar-refractivity contribution is 6.31. The molecule has 0 saturated carbocycles. The molecular formula is C17H23ClN2O4. The van der Waals surface area contributed by atoms with Gasteiger partial charge in [0.1, 0.15) is 5.75 Å². The minimum absolute atomic E-state index is 0.0907. The molecular weight excluding hydrogens is 332 g/mol. The number of nitrogens with one attached hydrogen (secondary N) is 1. The van der Waals surface area contributed by atoms with Crippen LogP contribution in [0.5, 0.6) is 5.75 Å². The molecule has 2 amide bonds. The molecule has 132 valence electrons. The largest absolute Gasteiger partial charge is 0.495 e. The molecule has 7 heteroatoms. The number of carbonyl (C=O) groups excluding carboxylic acids is 2. The van der Waals surface area contributed by atoms with Gasteiger partial charge in [-0.25, -0.2) is 0 Å². The van der Waals surface area contributed by atoms with Gasteiger partial charge in [0.2, 0.25) is 11.8 Å². The third-order valence-electron chi connectivity index (χ3n) is 4.07. The van der Waals surface area contributed by atoms with Crippen molar-refractivity contribution in [3.8, 4) is 5.75 Å². The second kappa shape index (κ2) is 8.35. The number of carbonyl (C=O) groups is 2. The molecule has 0 aliphatic carbocycles. The Bertz CT molecular complexity index is 621. The van der Waals surface area contributed by atoms with E-state index in [0.717, 1.165) is 12.0 Å². The molecule has 1 aromatic carbocycles. The number of benzene rings is 1. The first-order valence-corrected chi connectivity index (χ1v) is 8.26. The molecule has 1 N–H and O–H groups in total. The molecule has 2 rings (SSSR count). The molecule has 1 fully saturated rings. The highest BCUT2D eigenvalue weighted by Crippen LogP contribution is 2.36. The van der Waals surface area contributed by atoms with Gasteiger partial charge in [0.25, 0.3) is 0 Å². The summed E-state index contributed by atoms with van der Waals surface area (Å²) in [4.78, 5) is 26.2. The van der Waals surface area contributed by atoms with Crippen LogP contribution in [0.3, 0.4) is 0 Å². The summed E-state index contributed by atoms with van der Waals surface area (Å²) in [5.74, 6) is -0.0282. The summed E-state index contributed by atoms with van der Waals surface area (Å²) in [6.45, 7) is 3.34. The molecule has 1 aliphatic heterocycles. The van der Waals surface area contributed by atoms with E-state index in [0.29, 0.717) is 36.2 Å². The number of amides is 2. The summed E-state index contributed by atoms with van der Waals surface area (Å²) in [5.41, 5.74) is 1.51. The van der Waals surface area contributed by atoms with E-state index in [4.69, 9.17) is 21.1 Å². The number of aryl methyl sites for hydroxylation is 1. The Morgan fingerprint density at radius 3 is 2.83 bits per heavy atom. The van der Waals surface area contributed by atoms with Crippen molar-refractivity contribution in [3.63, 3.8) is 0 Å². The molecule has 6 nitrogen and oxygen atoms in total. The Kier molecular flexibility index (Phi) is 6.45. The van der Waals surface area contributed by atoms with Gasteiger partial charge in [-0.1, -0.05) is 11.6 Å². The maximum Gasteiger partial charge on any atom is 0.227 e. The average Bonchev–Trinajstić information content (AvgIpc) is 2.95. The minimum Gasteiger partial charge on any atom is -0.495 e. The van der Waals surface area contributed by atoms with Crippen LogP contribution >= 0.6 is 11.6 Å². The van der Waals surface area contributed by atoms with Crippen LogP contribution in [0.25, 0.3) is 0 Å². The van der Waals surface area contributed by atoms with E-state index in [1.807, 2.05) is 13.0 Å². The predicted molar refractivity (Wildman–Crippen MR) is 92.7 cm³/mol. The predicted octanol–water partition coefficient (Wildman–Crippen LogP) is 2.16. The number of halogens is 1. The zero-order valence-electron chi connectivity index (χ0n) is 14.2. The normalized spacial score (nSPS) is 17.2. The van der Waals surface area contributed by atoms with Gasteiger partial charge < -0.3 is 19.7 Å². The van der Waals surface area contributed by atoms with Crippen LogP contribution in [0.2, 0.25) is 5.02 Å². The fourth-order valence-corrected chi connectivity index (χ4v) is 2.86. The summed E-state index contributed by atoms with van der Waals surface area (Å²) in [5, 5.41) is 3.43. The maximum absolute atomic E-state index is 12.4. The van der Waals surface area contributed by atoms with Gasteiger partial charge in [-0.15, -0.1) is 0 Å².